The minimum Gasteiger partial charge on any atom is -0.391 e. The van der Waals surface area contributed by atoms with Crippen LogP contribution in [0.25, 0.3) is 0 Å². The Balaban J connectivity index is 2.57. The van der Waals surface area contributed by atoms with Crippen molar-refractivity contribution >= 4 is 0 Å². The molecule has 1 fully saturated rings. The molecular formula is C11H19NO2. The number of aliphatic hydroxyl groups is 1. The van der Waals surface area contributed by atoms with Crippen LogP contribution in [0, 0.1) is 11.3 Å². The molecule has 3 nitrogen and oxygen atoms in total. The second-order valence-electron chi connectivity index (χ2n) is 4.23. The van der Waals surface area contributed by atoms with Gasteiger partial charge in [0.25, 0.3) is 0 Å². The van der Waals surface area contributed by atoms with Gasteiger partial charge in [0, 0.05) is 0 Å². The third-order valence-corrected chi connectivity index (χ3v) is 2.96. The second-order valence-corrected chi connectivity index (χ2v) is 4.23. The number of nitrogens with zero attached hydrogens (tertiary/aromatic N) is 1. The van der Waals surface area contributed by atoms with E-state index in [1.165, 1.54) is 6.42 Å². The molecule has 1 saturated carbocycles. The molecule has 2 atom stereocenters. The molecule has 0 heterocycles. The summed E-state index contributed by atoms with van der Waals surface area (Å²) in [7, 11) is 0. The zero-order valence-electron chi connectivity index (χ0n) is 8.99. The van der Waals surface area contributed by atoms with Crippen LogP contribution in [0.15, 0.2) is 0 Å². The van der Waals surface area contributed by atoms with E-state index in [0.29, 0.717) is 0 Å². The molecule has 0 radical (unpaired) electrons. The number of ether oxygens (including phenoxy) is 1. The molecule has 0 aliphatic heterocycles. The molecule has 1 N–H and O–H groups in total. The molecule has 1 aliphatic carbocycles. The summed E-state index contributed by atoms with van der Waals surface area (Å²) in [6.45, 7) is 3.51. The van der Waals surface area contributed by atoms with Gasteiger partial charge in [-0.3, -0.25) is 0 Å². The number of aliphatic hydroxyl groups excluding tert-OH is 1. The Labute approximate surface area is 85.7 Å². The predicted molar refractivity (Wildman–Crippen MR) is 53.7 cm³/mol. The molecule has 0 saturated heterocycles. The van der Waals surface area contributed by atoms with Crippen LogP contribution in [-0.2, 0) is 4.74 Å². The summed E-state index contributed by atoms with van der Waals surface area (Å²) in [4.78, 5) is 0. The highest BCUT2D eigenvalue weighted by Crippen LogP contribution is 2.32. The van der Waals surface area contributed by atoms with Crippen molar-refractivity contribution in [2.24, 2.45) is 0 Å². The Morgan fingerprint density at radius 3 is 2.29 bits per heavy atom. The van der Waals surface area contributed by atoms with Gasteiger partial charge in [-0.1, -0.05) is 6.42 Å². The van der Waals surface area contributed by atoms with Gasteiger partial charge in [0.1, 0.15) is 0 Å². The van der Waals surface area contributed by atoms with Gasteiger partial charge in [0.15, 0.2) is 5.60 Å². The van der Waals surface area contributed by atoms with E-state index >= 15 is 0 Å². The average Bonchev–Trinajstić information content (AvgIpc) is 2.19. The first-order valence-corrected chi connectivity index (χ1v) is 5.37. The number of hydrogen-bond acceptors (Lipinski definition) is 3. The van der Waals surface area contributed by atoms with Crippen molar-refractivity contribution in [3.63, 3.8) is 0 Å². The lowest BCUT2D eigenvalue weighted by atomic mass is 9.85. The molecule has 1 aliphatic rings. The lowest BCUT2D eigenvalue weighted by Gasteiger charge is -2.34. The number of rotatable bonds is 3. The molecule has 2 unspecified atom stereocenters. The summed E-state index contributed by atoms with van der Waals surface area (Å²) in [5, 5.41) is 18.4. The third kappa shape index (κ3) is 2.70. The molecular weight excluding hydrogens is 178 g/mol. The van der Waals surface area contributed by atoms with Crippen LogP contribution in [-0.4, -0.2) is 22.9 Å². The largest absolute Gasteiger partial charge is 0.391 e. The fourth-order valence-corrected chi connectivity index (χ4v) is 1.83. The standard InChI is InChI=1S/C11H19NO2/c1-9(13)10(2)14-11(8-12)6-4-3-5-7-11/h9-10,13H,3-7H2,1-2H3. The molecule has 0 aromatic carbocycles. The second kappa shape index (κ2) is 4.77. The quantitative estimate of drug-likeness (QED) is 0.752. The van der Waals surface area contributed by atoms with Gasteiger partial charge in [0.05, 0.1) is 18.3 Å². The first-order valence-electron chi connectivity index (χ1n) is 5.37. The predicted octanol–water partition coefficient (Wildman–Crippen LogP) is 2.00. The average molecular weight is 197 g/mol. The van der Waals surface area contributed by atoms with Crippen molar-refractivity contribution in [3.8, 4) is 6.07 Å². The highest BCUT2D eigenvalue weighted by Gasteiger charge is 2.35. The Morgan fingerprint density at radius 2 is 1.86 bits per heavy atom. The van der Waals surface area contributed by atoms with Gasteiger partial charge in [-0.25, -0.2) is 0 Å². The maximum absolute atomic E-state index is 9.33. The molecule has 0 bridgehead atoms. The summed E-state index contributed by atoms with van der Waals surface area (Å²) in [5.41, 5.74) is -0.630. The van der Waals surface area contributed by atoms with E-state index in [4.69, 9.17) is 10.00 Å². The zero-order valence-corrected chi connectivity index (χ0v) is 8.99. The van der Waals surface area contributed by atoms with E-state index in [2.05, 4.69) is 6.07 Å². The van der Waals surface area contributed by atoms with Gasteiger partial charge >= 0.3 is 0 Å². The van der Waals surface area contributed by atoms with Crippen molar-refractivity contribution in [2.45, 2.75) is 63.8 Å². The van der Waals surface area contributed by atoms with Crippen LogP contribution >= 0.6 is 0 Å². The van der Waals surface area contributed by atoms with Crippen molar-refractivity contribution in [3.05, 3.63) is 0 Å². The van der Waals surface area contributed by atoms with E-state index in [-0.39, 0.29) is 6.10 Å². The maximum Gasteiger partial charge on any atom is 0.154 e. The van der Waals surface area contributed by atoms with Crippen molar-refractivity contribution in [1.29, 1.82) is 5.26 Å². The number of nitriles is 1. The van der Waals surface area contributed by atoms with E-state index in [1.807, 2.05) is 6.92 Å². The minimum absolute atomic E-state index is 0.257. The third-order valence-electron chi connectivity index (χ3n) is 2.96. The van der Waals surface area contributed by atoms with Crippen LogP contribution in [0.2, 0.25) is 0 Å². The Morgan fingerprint density at radius 1 is 1.29 bits per heavy atom. The van der Waals surface area contributed by atoms with Crippen molar-refractivity contribution in [1.82, 2.24) is 0 Å². The van der Waals surface area contributed by atoms with Gasteiger partial charge in [0.2, 0.25) is 0 Å². The zero-order chi connectivity index (χ0) is 10.6. The minimum atomic E-state index is -0.630. The number of hydrogen-bond donors (Lipinski definition) is 1. The highest BCUT2D eigenvalue weighted by atomic mass is 16.5. The molecule has 3 heteroatoms. The highest BCUT2D eigenvalue weighted by molar-refractivity contribution is 5.04. The summed E-state index contributed by atoms with van der Waals surface area (Å²) < 4.78 is 5.68. The normalized spacial score (nSPS) is 25.0. The van der Waals surface area contributed by atoms with Crippen LogP contribution < -0.4 is 0 Å². The van der Waals surface area contributed by atoms with E-state index in [0.717, 1.165) is 25.7 Å². The molecule has 0 aromatic rings. The molecule has 0 aromatic heterocycles. The van der Waals surface area contributed by atoms with Crippen LogP contribution in [0.1, 0.15) is 46.0 Å². The molecule has 0 spiro atoms. The summed E-state index contributed by atoms with van der Waals surface area (Å²) in [6, 6.07) is 2.27. The summed E-state index contributed by atoms with van der Waals surface area (Å²) in [5.74, 6) is 0. The van der Waals surface area contributed by atoms with E-state index in [9.17, 15) is 5.11 Å². The summed E-state index contributed by atoms with van der Waals surface area (Å²) >= 11 is 0. The van der Waals surface area contributed by atoms with Crippen molar-refractivity contribution in [2.75, 3.05) is 0 Å². The van der Waals surface area contributed by atoms with E-state index in [1.54, 1.807) is 6.92 Å². The molecule has 80 valence electrons. The topological polar surface area (TPSA) is 53.2 Å². The first kappa shape index (κ1) is 11.5. The van der Waals surface area contributed by atoms with Gasteiger partial charge in [-0.05, 0) is 39.5 Å². The molecule has 1 rings (SSSR count). The lowest BCUT2D eigenvalue weighted by Crippen LogP contribution is -2.39. The van der Waals surface area contributed by atoms with Gasteiger partial charge in [-0.2, -0.15) is 5.26 Å². The summed E-state index contributed by atoms with van der Waals surface area (Å²) in [6.07, 6.45) is 4.15. The van der Waals surface area contributed by atoms with Gasteiger partial charge < -0.3 is 9.84 Å². The Bertz CT molecular complexity index is 214. The van der Waals surface area contributed by atoms with Crippen LogP contribution in [0.3, 0.4) is 0 Å². The Hall–Kier alpha value is -0.590. The fraction of sp³-hybridized carbons (Fsp3) is 0.909. The maximum atomic E-state index is 9.33. The Kier molecular flexibility index (Phi) is 3.91. The first-order chi connectivity index (χ1) is 6.59. The SMILES string of the molecule is CC(O)C(C)OC1(C#N)CCCCC1. The molecule has 14 heavy (non-hydrogen) atoms. The van der Waals surface area contributed by atoms with Gasteiger partial charge in [-0.15, -0.1) is 0 Å². The molecule has 0 amide bonds. The van der Waals surface area contributed by atoms with E-state index < -0.39 is 11.7 Å². The lowest BCUT2D eigenvalue weighted by molar-refractivity contribution is -0.109. The fourth-order valence-electron chi connectivity index (χ4n) is 1.83. The monoisotopic (exact) mass is 197 g/mol. The van der Waals surface area contributed by atoms with Crippen LogP contribution in [0.4, 0.5) is 0 Å². The smallest absolute Gasteiger partial charge is 0.154 e. The van der Waals surface area contributed by atoms with Crippen LogP contribution in [0.5, 0.6) is 0 Å². The van der Waals surface area contributed by atoms with Crippen molar-refractivity contribution < 1.29 is 9.84 Å².